The molecule has 0 spiro atoms. The summed E-state index contributed by atoms with van der Waals surface area (Å²) in [6.45, 7) is 5.51. The van der Waals surface area contributed by atoms with Gasteiger partial charge in [0.15, 0.2) is 0 Å². The summed E-state index contributed by atoms with van der Waals surface area (Å²) in [6, 6.07) is 12.5. The van der Waals surface area contributed by atoms with E-state index in [1.165, 1.54) is 24.3 Å². The summed E-state index contributed by atoms with van der Waals surface area (Å²) < 4.78 is 39.0. The summed E-state index contributed by atoms with van der Waals surface area (Å²) in [5.41, 5.74) is 1.23. The molecular formula is C19H23FN2O3S. The van der Waals surface area contributed by atoms with Crippen LogP contribution in [0.1, 0.15) is 26.3 Å². The number of benzene rings is 2. The molecule has 0 bridgehead atoms. The number of sulfonamides is 1. The topological polar surface area (TPSA) is 66.5 Å². The van der Waals surface area contributed by atoms with Gasteiger partial charge >= 0.3 is 0 Å². The average Bonchev–Trinajstić information content (AvgIpc) is 2.51. The molecule has 0 unspecified atom stereocenters. The molecule has 2 rings (SSSR count). The van der Waals surface area contributed by atoms with Gasteiger partial charge in [-0.25, -0.2) is 12.8 Å². The van der Waals surface area contributed by atoms with Crippen LogP contribution in [0.15, 0.2) is 48.5 Å². The highest BCUT2D eigenvalue weighted by Crippen LogP contribution is 2.33. The maximum absolute atomic E-state index is 13.3. The van der Waals surface area contributed by atoms with Gasteiger partial charge < -0.3 is 5.32 Å². The second kappa shape index (κ2) is 7.45. The lowest BCUT2D eigenvalue weighted by Crippen LogP contribution is -2.38. The van der Waals surface area contributed by atoms with Crippen molar-refractivity contribution in [2.75, 3.05) is 22.4 Å². The molecule has 0 aliphatic heterocycles. The third-order valence-corrected chi connectivity index (χ3v) is 4.90. The molecule has 1 N–H and O–H groups in total. The van der Waals surface area contributed by atoms with Crippen molar-refractivity contribution in [3.8, 4) is 0 Å². The second-order valence-corrected chi connectivity index (χ2v) is 9.00. The Labute approximate surface area is 153 Å². The van der Waals surface area contributed by atoms with Crippen LogP contribution in [0.5, 0.6) is 0 Å². The summed E-state index contributed by atoms with van der Waals surface area (Å²) in [5.74, 6) is -1.04. The highest BCUT2D eigenvalue weighted by molar-refractivity contribution is 7.92. The normalized spacial score (nSPS) is 11.9. The van der Waals surface area contributed by atoms with Gasteiger partial charge in [-0.15, -0.1) is 0 Å². The van der Waals surface area contributed by atoms with Crippen LogP contribution in [0.25, 0.3) is 0 Å². The minimum Gasteiger partial charge on any atom is -0.324 e. The van der Waals surface area contributed by atoms with E-state index in [1.807, 2.05) is 32.9 Å². The maximum Gasteiger partial charge on any atom is 0.245 e. The van der Waals surface area contributed by atoms with Crippen molar-refractivity contribution in [2.45, 2.75) is 26.2 Å². The number of para-hydroxylation sites is 1. The molecule has 140 valence electrons. The molecule has 0 aliphatic rings. The van der Waals surface area contributed by atoms with Crippen LogP contribution in [-0.2, 0) is 20.2 Å². The quantitative estimate of drug-likeness (QED) is 0.866. The number of amides is 1. The van der Waals surface area contributed by atoms with Gasteiger partial charge in [0.2, 0.25) is 15.9 Å². The highest BCUT2D eigenvalue weighted by atomic mass is 32.2. The van der Waals surface area contributed by atoms with Gasteiger partial charge in [0.05, 0.1) is 11.9 Å². The monoisotopic (exact) mass is 378 g/mol. The van der Waals surface area contributed by atoms with E-state index in [2.05, 4.69) is 5.32 Å². The van der Waals surface area contributed by atoms with E-state index in [0.29, 0.717) is 5.69 Å². The number of carbonyl (C=O) groups is 1. The SMILES string of the molecule is CC(C)(C)c1ccccc1N(CC(=O)Nc1cccc(F)c1)S(C)(=O)=O. The molecule has 5 nitrogen and oxygen atoms in total. The minimum atomic E-state index is -3.70. The Hall–Kier alpha value is -2.41. The van der Waals surface area contributed by atoms with Gasteiger partial charge in [0, 0.05) is 5.69 Å². The fourth-order valence-corrected chi connectivity index (χ4v) is 3.47. The van der Waals surface area contributed by atoms with Crippen LogP contribution in [0.4, 0.5) is 15.8 Å². The van der Waals surface area contributed by atoms with Gasteiger partial charge in [-0.05, 0) is 35.2 Å². The van der Waals surface area contributed by atoms with Gasteiger partial charge in [0.25, 0.3) is 0 Å². The summed E-state index contributed by atoms with van der Waals surface area (Å²) in [4.78, 5) is 12.4. The largest absolute Gasteiger partial charge is 0.324 e. The molecule has 0 saturated heterocycles. The molecule has 2 aromatic rings. The van der Waals surface area contributed by atoms with Crippen LogP contribution in [0.3, 0.4) is 0 Å². The molecule has 7 heteroatoms. The standard InChI is InChI=1S/C19H23FN2O3S/c1-19(2,3)16-10-5-6-11-17(16)22(26(4,24)25)13-18(23)21-15-9-7-8-14(20)12-15/h5-12H,13H2,1-4H3,(H,21,23). The number of hydrogen-bond donors (Lipinski definition) is 1. The zero-order chi connectivity index (χ0) is 19.5. The van der Waals surface area contributed by atoms with Crippen molar-refractivity contribution < 1.29 is 17.6 Å². The van der Waals surface area contributed by atoms with Crippen LogP contribution < -0.4 is 9.62 Å². The first kappa shape index (κ1) is 19.9. The van der Waals surface area contributed by atoms with Crippen molar-refractivity contribution in [1.29, 1.82) is 0 Å². The lowest BCUT2D eigenvalue weighted by Gasteiger charge is -2.29. The molecule has 0 radical (unpaired) electrons. The molecule has 0 heterocycles. The Balaban J connectivity index is 2.34. The average molecular weight is 378 g/mol. The Morgan fingerprint density at radius 2 is 1.77 bits per heavy atom. The zero-order valence-electron chi connectivity index (χ0n) is 15.3. The number of nitrogens with one attached hydrogen (secondary N) is 1. The van der Waals surface area contributed by atoms with Crippen molar-refractivity contribution >= 4 is 27.3 Å². The third-order valence-electron chi connectivity index (χ3n) is 3.78. The smallest absolute Gasteiger partial charge is 0.245 e. The number of anilines is 2. The van der Waals surface area contributed by atoms with Gasteiger partial charge in [-0.3, -0.25) is 9.10 Å². The second-order valence-electron chi connectivity index (χ2n) is 7.10. The lowest BCUT2D eigenvalue weighted by atomic mass is 9.86. The fraction of sp³-hybridized carbons (Fsp3) is 0.316. The Kier molecular flexibility index (Phi) is 5.71. The maximum atomic E-state index is 13.3. The predicted molar refractivity (Wildman–Crippen MR) is 102 cm³/mol. The molecule has 26 heavy (non-hydrogen) atoms. The molecule has 0 aromatic heterocycles. The Morgan fingerprint density at radius 3 is 2.35 bits per heavy atom. The van der Waals surface area contributed by atoms with E-state index in [-0.39, 0.29) is 11.1 Å². The van der Waals surface area contributed by atoms with Gasteiger partial charge in [0.1, 0.15) is 12.4 Å². The van der Waals surface area contributed by atoms with Crippen LogP contribution >= 0.6 is 0 Å². The van der Waals surface area contributed by atoms with Crippen molar-refractivity contribution in [3.05, 3.63) is 59.9 Å². The number of nitrogens with zero attached hydrogens (tertiary/aromatic N) is 1. The van der Waals surface area contributed by atoms with Crippen LogP contribution in [-0.4, -0.2) is 27.1 Å². The molecule has 0 saturated carbocycles. The number of hydrogen-bond acceptors (Lipinski definition) is 3. The summed E-state index contributed by atoms with van der Waals surface area (Å²) in [6.07, 6.45) is 1.06. The van der Waals surface area contributed by atoms with E-state index in [9.17, 15) is 17.6 Å². The van der Waals surface area contributed by atoms with Gasteiger partial charge in [-0.1, -0.05) is 45.0 Å². The first-order valence-corrected chi connectivity index (χ1v) is 9.96. The van der Waals surface area contributed by atoms with Crippen molar-refractivity contribution in [2.24, 2.45) is 0 Å². The molecule has 0 aliphatic carbocycles. The van der Waals surface area contributed by atoms with E-state index in [4.69, 9.17) is 0 Å². The first-order valence-electron chi connectivity index (χ1n) is 8.11. The Bertz CT molecular complexity index is 905. The fourth-order valence-electron chi connectivity index (χ4n) is 2.60. The van der Waals surface area contributed by atoms with Crippen molar-refractivity contribution in [1.82, 2.24) is 0 Å². The number of rotatable bonds is 5. The third kappa shape index (κ3) is 5.05. The van der Waals surface area contributed by atoms with E-state index in [0.717, 1.165) is 16.1 Å². The molecular weight excluding hydrogens is 355 g/mol. The van der Waals surface area contributed by atoms with E-state index in [1.54, 1.807) is 12.1 Å². The minimum absolute atomic E-state index is 0.271. The van der Waals surface area contributed by atoms with E-state index >= 15 is 0 Å². The molecule has 0 fully saturated rings. The van der Waals surface area contributed by atoms with Crippen LogP contribution in [0, 0.1) is 5.82 Å². The summed E-state index contributed by atoms with van der Waals surface area (Å²) >= 11 is 0. The van der Waals surface area contributed by atoms with Gasteiger partial charge in [-0.2, -0.15) is 0 Å². The zero-order valence-corrected chi connectivity index (χ0v) is 16.1. The summed E-state index contributed by atoms with van der Waals surface area (Å²) in [7, 11) is -3.70. The molecule has 0 atom stereocenters. The molecule has 2 aromatic carbocycles. The van der Waals surface area contributed by atoms with Crippen molar-refractivity contribution in [3.63, 3.8) is 0 Å². The predicted octanol–water partition coefficient (Wildman–Crippen LogP) is 3.53. The molecule has 1 amide bonds. The van der Waals surface area contributed by atoms with Crippen LogP contribution in [0.2, 0.25) is 0 Å². The first-order chi connectivity index (χ1) is 12.0. The lowest BCUT2D eigenvalue weighted by molar-refractivity contribution is -0.114. The Morgan fingerprint density at radius 1 is 1.12 bits per heavy atom. The number of carbonyl (C=O) groups excluding carboxylic acids is 1. The van der Waals surface area contributed by atoms with E-state index < -0.39 is 28.3 Å². The summed E-state index contributed by atoms with van der Waals surface area (Å²) in [5, 5.41) is 2.53. The number of halogens is 1. The highest BCUT2D eigenvalue weighted by Gasteiger charge is 2.27.